The van der Waals surface area contributed by atoms with Crippen LogP contribution in [0.3, 0.4) is 0 Å². The molecule has 1 N–H and O–H groups in total. The van der Waals surface area contributed by atoms with Gasteiger partial charge in [-0.15, -0.1) is 0 Å². The fraction of sp³-hybridized carbons (Fsp3) is 0.417. The molecule has 1 fully saturated rings. The van der Waals surface area contributed by atoms with Crippen LogP contribution in [0.15, 0.2) is 42.6 Å². The third-order valence-corrected chi connectivity index (χ3v) is 6.10. The topological polar surface area (TPSA) is 56.1 Å². The monoisotopic (exact) mass is 391 g/mol. The van der Waals surface area contributed by atoms with Crippen molar-refractivity contribution in [1.29, 1.82) is 0 Å². The van der Waals surface area contributed by atoms with Gasteiger partial charge in [-0.2, -0.15) is 0 Å². The van der Waals surface area contributed by atoms with Crippen LogP contribution in [-0.2, 0) is 0 Å². The van der Waals surface area contributed by atoms with Crippen LogP contribution in [0.1, 0.15) is 72.9 Å². The number of rotatable bonds is 5. The zero-order valence-electron chi connectivity index (χ0n) is 17.4. The van der Waals surface area contributed by atoms with E-state index in [9.17, 15) is 4.79 Å². The molecule has 152 valence electrons. The molecule has 5 nitrogen and oxygen atoms in total. The lowest BCUT2D eigenvalue weighted by Crippen LogP contribution is -2.28. The normalized spacial score (nSPS) is 16.0. The van der Waals surface area contributed by atoms with Gasteiger partial charge in [-0.3, -0.25) is 9.78 Å². The number of nitrogens with one attached hydrogen (secondary N) is 1. The number of pyridine rings is 1. The lowest BCUT2D eigenvalue weighted by atomic mass is 9.95. The minimum absolute atomic E-state index is 0.0616. The van der Waals surface area contributed by atoms with E-state index in [4.69, 9.17) is 4.74 Å². The van der Waals surface area contributed by atoms with Crippen molar-refractivity contribution in [2.45, 2.75) is 58.0 Å². The van der Waals surface area contributed by atoms with Crippen molar-refractivity contribution in [2.24, 2.45) is 0 Å². The van der Waals surface area contributed by atoms with Crippen molar-refractivity contribution in [3.63, 3.8) is 0 Å². The maximum absolute atomic E-state index is 13.4. The van der Waals surface area contributed by atoms with E-state index in [0.29, 0.717) is 6.04 Å². The zero-order valence-corrected chi connectivity index (χ0v) is 17.4. The molecule has 0 radical (unpaired) electrons. The van der Waals surface area contributed by atoms with Crippen LogP contribution in [0.25, 0.3) is 10.9 Å². The van der Waals surface area contributed by atoms with E-state index in [-0.39, 0.29) is 11.9 Å². The largest absolute Gasteiger partial charge is 0.497 e. The molecule has 0 saturated heterocycles. The lowest BCUT2D eigenvalue weighted by Gasteiger charge is -2.26. The van der Waals surface area contributed by atoms with Gasteiger partial charge in [0.25, 0.3) is 5.91 Å². The highest BCUT2D eigenvalue weighted by atomic mass is 16.5. The average molecular weight is 392 g/mol. The summed E-state index contributed by atoms with van der Waals surface area (Å²) in [5.41, 5.74) is 3.75. The summed E-state index contributed by atoms with van der Waals surface area (Å²) in [6.07, 6.45) is 7.89. The van der Waals surface area contributed by atoms with Gasteiger partial charge in [-0.1, -0.05) is 25.3 Å². The van der Waals surface area contributed by atoms with Gasteiger partial charge in [0.15, 0.2) is 0 Å². The number of hydrogen-bond donors (Lipinski definition) is 1. The number of aromatic nitrogens is 2. The fourth-order valence-electron chi connectivity index (χ4n) is 4.62. The van der Waals surface area contributed by atoms with Gasteiger partial charge in [0, 0.05) is 28.8 Å². The van der Waals surface area contributed by atoms with E-state index in [2.05, 4.69) is 27.9 Å². The van der Waals surface area contributed by atoms with Gasteiger partial charge in [-0.05, 0) is 57.0 Å². The summed E-state index contributed by atoms with van der Waals surface area (Å²) in [7, 11) is 1.66. The van der Waals surface area contributed by atoms with Gasteiger partial charge in [-0.25, -0.2) is 0 Å². The maximum atomic E-state index is 13.4. The van der Waals surface area contributed by atoms with Crippen LogP contribution in [0.2, 0.25) is 0 Å². The lowest BCUT2D eigenvalue weighted by molar-refractivity contribution is 0.0939. The van der Waals surface area contributed by atoms with Crippen LogP contribution in [0, 0.1) is 6.92 Å². The SMILES string of the molecule is COc1ccc2c(c1)c(C(=O)NC(C)c1ccccn1)c(C)n2C1CCCCC1. The first-order valence-corrected chi connectivity index (χ1v) is 10.5. The van der Waals surface area contributed by atoms with Crippen LogP contribution in [0.4, 0.5) is 0 Å². The zero-order chi connectivity index (χ0) is 20.4. The highest BCUT2D eigenvalue weighted by Gasteiger charge is 2.26. The molecule has 1 aliphatic carbocycles. The van der Waals surface area contributed by atoms with Crippen molar-refractivity contribution >= 4 is 16.8 Å². The number of carbonyl (C=O) groups is 1. The fourth-order valence-corrected chi connectivity index (χ4v) is 4.62. The Morgan fingerprint density at radius 3 is 2.69 bits per heavy atom. The number of carbonyl (C=O) groups excluding carboxylic acids is 1. The summed E-state index contributed by atoms with van der Waals surface area (Å²) in [6.45, 7) is 4.04. The first-order valence-electron chi connectivity index (χ1n) is 10.5. The highest BCUT2D eigenvalue weighted by Crippen LogP contribution is 2.37. The maximum Gasteiger partial charge on any atom is 0.254 e. The smallest absolute Gasteiger partial charge is 0.254 e. The van der Waals surface area contributed by atoms with Crippen LogP contribution in [-0.4, -0.2) is 22.6 Å². The molecule has 0 aliphatic heterocycles. The van der Waals surface area contributed by atoms with E-state index in [1.807, 2.05) is 37.3 Å². The summed E-state index contributed by atoms with van der Waals surface area (Å²) < 4.78 is 7.83. The molecule has 29 heavy (non-hydrogen) atoms. The van der Waals surface area contributed by atoms with E-state index in [0.717, 1.165) is 33.6 Å². The van der Waals surface area contributed by atoms with E-state index in [1.165, 1.54) is 32.1 Å². The Hall–Kier alpha value is -2.82. The second-order valence-electron chi connectivity index (χ2n) is 7.96. The van der Waals surface area contributed by atoms with E-state index in [1.54, 1.807) is 13.3 Å². The van der Waals surface area contributed by atoms with E-state index >= 15 is 0 Å². The molecule has 2 heterocycles. The Morgan fingerprint density at radius 1 is 1.21 bits per heavy atom. The van der Waals surface area contributed by atoms with Gasteiger partial charge in [0.05, 0.1) is 24.4 Å². The molecule has 5 heteroatoms. The Labute approximate surface area is 172 Å². The average Bonchev–Trinajstić information content (AvgIpc) is 3.05. The predicted octanol–water partition coefficient (Wildman–Crippen LogP) is 5.35. The van der Waals surface area contributed by atoms with Crippen molar-refractivity contribution in [2.75, 3.05) is 7.11 Å². The molecule has 0 bridgehead atoms. The Morgan fingerprint density at radius 2 is 2.00 bits per heavy atom. The standard InChI is InChI=1S/C24H29N3O2/c1-16(21-11-7-8-14-25-21)26-24(28)23-17(2)27(18-9-5-4-6-10-18)22-13-12-19(29-3)15-20(22)23/h7-8,11-16,18H,4-6,9-10H2,1-3H3,(H,26,28). The molecule has 4 rings (SSSR count). The molecule has 1 aromatic carbocycles. The van der Waals surface area contributed by atoms with Gasteiger partial charge in [0.1, 0.15) is 5.75 Å². The molecule has 1 aliphatic rings. The molecule has 0 spiro atoms. The molecule has 1 saturated carbocycles. The highest BCUT2D eigenvalue weighted by molar-refractivity contribution is 6.09. The number of ether oxygens (including phenoxy) is 1. The second-order valence-corrected chi connectivity index (χ2v) is 7.96. The van der Waals surface area contributed by atoms with Gasteiger partial charge in [0.2, 0.25) is 0 Å². The molecular formula is C24H29N3O2. The van der Waals surface area contributed by atoms with Crippen LogP contribution >= 0.6 is 0 Å². The molecule has 1 amide bonds. The minimum Gasteiger partial charge on any atom is -0.497 e. The Kier molecular flexibility index (Phi) is 5.56. The third kappa shape index (κ3) is 3.74. The molecule has 1 atom stereocenters. The number of nitrogens with zero attached hydrogens (tertiary/aromatic N) is 2. The quantitative estimate of drug-likeness (QED) is 0.638. The number of fused-ring (bicyclic) bond motifs is 1. The van der Waals surface area contributed by atoms with Crippen molar-refractivity contribution in [3.8, 4) is 5.75 Å². The summed E-state index contributed by atoms with van der Waals surface area (Å²) in [5.74, 6) is 0.707. The first-order chi connectivity index (χ1) is 14.1. The molecule has 1 unspecified atom stereocenters. The number of methoxy groups -OCH3 is 1. The predicted molar refractivity (Wildman–Crippen MR) is 115 cm³/mol. The summed E-state index contributed by atoms with van der Waals surface area (Å²) >= 11 is 0. The molecule has 2 aromatic heterocycles. The minimum atomic E-state index is -0.165. The Balaban J connectivity index is 1.76. The summed E-state index contributed by atoms with van der Waals surface area (Å²) in [6, 6.07) is 12.1. The van der Waals surface area contributed by atoms with E-state index < -0.39 is 0 Å². The second kappa shape index (κ2) is 8.27. The van der Waals surface area contributed by atoms with Crippen LogP contribution in [0.5, 0.6) is 5.75 Å². The summed E-state index contributed by atoms with van der Waals surface area (Å²) in [4.78, 5) is 17.7. The van der Waals surface area contributed by atoms with Gasteiger partial charge < -0.3 is 14.6 Å². The van der Waals surface area contributed by atoms with Crippen molar-refractivity contribution in [1.82, 2.24) is 14.9 Å². The van der Waals surface area contributed by atoms with Crippen molar-refractivity contribution in [3.05, 3.63) is 59.5 Å². The third-order valence-electron chi connectivity index (χ3n) is 6.10. The summed E-state index contributed by atoms with van der Waals surface area (Å²) in [5, 5.41) is 4.10. The first kappa shape index (κ1) is 19.5. The van der Waals surface area contributed by atoms with Gasteiger partial charge >= 0.3 is 0 Å². The number of benzene rings is 1. The number of hydrogen-bond acceptors (Lipinski definition) is 3. The molecule has 3 aromatic rings. The number of amides is 1. The molecular weight excluding hydrogens is 362 g/mol. The Bertz CT molecular complexity index is 1000. The van der Waals surface area contributed by atoms with Crippen molar-refractivity contribution < 1.29 is 9.53 Å². The van der Waals surface area contributed by atoms with Crippen LogP contribution < -0.4 is 10.1 Å².